The zero-order valence-corrected chi connectivity index (χ0v) is 3.92. The Kier molecular flexibility index (Phi) is 0.867. The maximum Gasteiger partial charge on any atom is 0.124 e. The molecule has 0 aromatic rings. The molecule has 7 heavy (non-hydrogen) atoms. The Balaban J connectivity index is 2.34. The van der Waals surface area contributed by atoms with Crippen LogP contribution in [0.15, 0.2) is 0 Å². The fourth-order valence-corrected chi connectivity index (χ4v) is 0.557. The monoisotopic (exact) mass is 94.0 g/mol. The minimum atomic E-state index is 0.199. The van der Waals surface area contributed by atoms with Crippen LogP contribution in [0.25, 0.3) is 0 Å². The lowest BCUT2D eigenvalue weighted by Gasteiger charge is -1.68. The lowest BCUT2D eigenvalue weighted by atomic mass is 10.4. The number of hydrogen-bond donors (Lipinski definition) is 0. The fraction of sp³-hybridized carbons (Fsp3) is 0.500. The molecular weight excluding hydrogens is 88.1 g/mol. The van der Waals surface area contributed by atoms with Crippen LogP contribution < -0.4 is 0 Å². The molecule has 1 heteroatoms. The largest absolute Gasteiger partial charge is 0.303 e. The van der Waals surface area contributed by atoms with Gasteiger partial charge in [-0.1, -0.05) is 0 Å². The lowest BCUT2D eigenvalue weighted by molar-refractivity contribution is -0.108. The van der Waals surface area contributed by atoms with Gasteiger partial charge in [-0.2, -0.15) is 0 Å². The summed E-state index contributed by atoms with van der Waals surface area (Å²) in [5.74, 6) is 2.98. The fourth-order valence-electron chi connectivity index (χ4n) is 0.557. The molecule has 1 fully saturated rings. The first-order valence-electron chi connectivity index (χ1n) is 2.30. The van der Waals surface area contributed by atoms with E-state index in [4.69, 9.17) is 6.42 Å². The van der Waals surface area contributed by atoms with Crippen LogP contribution in [0, 0.1) is 24.2 Å². The Morgan fingerprint density at radius 2 is 2.57 bits per heavy atom. The van der Waals surface area contributed by atoms with Crippen molar-refractivity contribution in [2.75, 3.05) is 0 Å². The molecule has 0 radical (unpaired) electrons. The van der Waals surface area contributed by atoms with Crippen LogP contribution >= 0.6 is 0 Å². The average Bonchev–Trinajstić information content (AvgIpc) is 2.43. The summed E-state index contributed by atoms with van der Waals surface area (Å²) in [5.41, 5.74) is 0. The number of aldehydes is 1. The second-order valence-electron chi connectivity index (χ2n) is 1.81. The molecule has 0 aliphatic heterocycles. The minimum absolute atomic E-state index is 0.199. The molecule has 0 amide bonds. The molecule has 0 aromatic heterocycles. The first-order chi connectivity index (χ1) is 3.38. The molecule has 0 N–H and O–H groups in total. The summed E-state index contributed by atoms with van der Waals surface area (Å²) in [5, 5.41) is 0. The highest BCUT2D eigenvalue weighted by molar-refractivity contribution is 5.59. The van der Waals surface area contributed by atoms with E-state index in [2.05, 4.69) is 5.92 Å². The SMILES string of the molecule is C#C[C@@H]1C[C@H]1C=O. The van der Waals surface area contributed by atoms with E-state index in [-0.39, 0.29) is 11.8 Å². The number of carbonyl (C=O) groups is 1. The summed E-state index contributed by atoms with van der Waals surface area (Å²) >= 11 is 0. The zero-order valence-electron chi connectivity index (χ0n) is 3.92. The Morgan fingerprint density at radius 3 is 2.71 bits per heavy atom. The van der Waals surface area contributed by atoms with E-state index in [1.807, 2.05) is 0 Å². The highest BCUT2D eigenvalue weighted by atomic mass is 16.1. The van der Waals surface area contributed by atoms with Gasteiger partial charge in [-0.3, -0.25) is 0 Å². The van der Waals surface area contributed by atoms with Crippen LogP contribution in [-0.4, -0.2) is 6.29 Å². The number of rotatable bonds is 1. The van der Waals surface area contributed by atoms with Gasteiger partial charge in [0, 0.05) is 11.8 Å². The summed E-state index contributed by atoms with van der Waals surface area (Å²) < 4.78 is 0. The molecule has 1 aliphatic rings. The van der Waals surface area contributed by atoms with Gasteiger partial charge in [0.1, 0.15) is 6.29 Å². The van der Waals surface area contributed by atoms with Gasteiger partial charge < -0.3 is 4.79 Å². The van der Waals surface area contributed by atoms with E-state index in [1.165, 1.54) is 0 Å². The van der Waals surface area contributed by atoms with Crippen LogP contribution in [0.3, 0.4) is 0 Å². The quantitative estimate of drug-likeness (QED) is 0.340. The number of hydrogen-bond acceptors (Lipinski definition) is 1. The molecule has 36 valence electrons. The lowest BCUT2D eigenvalue weighted by Crippen LogP contribution is -1.76. The second-order valence-corrected chi connectivity index (χ2v) is 1.81. The smallest absolute Gasteiger partial charge is 0.124 e. The minimum Gasteiger partial charge on any atom is -0.303 e. The Labute approximate surface area is 42.7 Å². The van der Waals surface area contributed by atoms with Gasteiger partial charge in [0.15, 0.2) is 0 Å². The summed E-state index contributed by atoms with van der Waals surface area (Å²) in [4.78, 5) is 9.84. The summed E-state index contributed by atoms with van der Waals surface area (Å²) in [6.45, 7) is 0. The highest BCUT2D eigenvalue weighted by Gasteiger charge is 2.34. The zero-order chi connectivity index (χ0) is 5.28. The second kappa shape index (κ2) is 1.38. The van der Waals surface area contributed by atoms with Crippen LogP contribution in [0.4, 0.5) is 0 Å². The summed E-state index contributed by atoms with van der Waals surface area (Å²) in [6, 6.07) is 0. The summed E-state index contributed by atoms with van der Waals surface area (Å²) in [7, 11) is 0. The third-order valence-corrected chi connectivity index (χ3v) is 1.23. The van der Waals surface area contributed by atoms with Crippen LogP contribution in [-0.2, 0) is 4.79 Å². The molecule has 2 atom stereocenters. The molecule has 0 saturated heterocycles. The van der Waals surface area contributed by atoms with E-state index in [0.717, 1.165) is 12.7 Å². The first kappa shape index (κ1) is 4.39. The Morgan fingerprint density at radius 1 is 1.86 bits per heavy atom. The van der Waals surface area contributed by atoms with Crippen molar-refractivity contribution in [1.82, 2.24) is 0 Å². The van der Waals surface area contributed by atoms with Crippen molar-refractivity contribution >= 4 is 6.29 Å². The van der Waals surface area contributed by atoms with Crippen molar-refractivity contribution < 1.29 is 4.79 Å². The maximum absolute atomic E-state index is 9.84. The molecule has 1 saturated carbocycles. The molecular formula is C6H6O. The summed E-state index contributed by atoms with van der Waals surface area (Å²) in [6.07, 6.45) is 6.84. The standard InChI is InChI=1S/C6H6O/c1-2-5-3-6(5)4-7/h1,4-6H,3H2/t5-,6+/m1/s1. The Hall–Kier alpha value is -0.770. The Bertz CT molecular complexity index is 121. The average molecular weight is 94.1 g/mol. The first-order valence-corrected chi connectivity index (χ1v) is 2.30. The van der Waals surface area contributed by atoms with Gasteiger partial charge >= 0.3 is 0 Å². The van der Waals surface area contributed by atoms with Gasteiger partial charge in [-0.25, -0.2) is 0 Å². The van der Waals surface area contributed by atoms with Gasteiger partial charge in [-0.05, 0) is 6.42 Å². The topological polar surface area (TPSA) is 17.1 Å². The maximum atomic E-state index is 9.84. The normalized spacial score (nSPS) is 36.4. The van der Waals surface area contributed by atoms with Crippen molar-refractivity contribution in [3.05, 3.63) is 0 Å². The van der Waals surface area contributed by atoms with E-state index >= 15 is 0 Å². The molecule has 0 unspecified atom stereocenters. The van der Waals surface area contributed by atoms with Crippen LogP contribution in [0.5, 0.6) is 0 Å². The van der Waals surface area contributed by atoms with Crippen LogP contribution in [0.2, 0.25) is 0 Å². The van der Waals surface area contributed by atoms with Crippen molar-refractivity contribution in [2.45, 2.75) is 6.42 Å². The van der Waals surface area contributed by atoms with E-state index in [1.54, 1.807) is 0 Å². The van der Waals surface area contributed by atoms with Crippen molar-refractivity contribution in [3.8, 4) is 12.3 Å². The van der Waals surface area contributed by atoms with E-state index in [0.29, 0.717) is 0 Å². The molecule has 0 heterocycles. The van der Waals surface area contributed by atoms with Gasteiger partial charge in [0.05, 0.1) is 0 Å². The van der Waals surface area contributed by atoms with Crippen molar-refractivity contribution in [1.29, 1.82) is 0 Å². The van der Waals surface area contributed by atoms with E-state index < -0.39 is 0 Å². The van der Waals surface area contributed by atoms with Crippen LogP contribution in [0.1, 0.15) is 6.42 Å². The van der Waals surface area contributed by atoms with Crippen molar-refractivity contribution in [3.63, 3.8) is 0 Å². The molecule has 0 aromatic carbocycles. The molecule has 0 spiro atoms. The van der Waals surface area contributed by atoms with E-state index in [9.17, 15) is 4.79 Å². The van der Waals surface area contributed by atoms with Gasteiger partial charge in [0.2, 0.25) is 0 Å². The third kappa shape index (κ3) is 0.640. The van der Waals surface area contributed by atoms with Crippen molar-refractivity contribution in [2.24, 2.45) is 11.8 Å². The molecule has 1 rings (SSSR count). The molecule has 1 nitrogen and oxygen atoms in total. The number of carbonyl (C=O) groups excluding carboxylic acids is 1. The molecule has 0 bridgehead atoms. The molecule has 1 aliphatic carbocycles. The number of terminal acetylenes is 1. The predicted molar refractivity (Wildman–Crippen MR) is 26.5 cm³/mol. The van der Waals surface area contributed by atoms with Gasteiger partial charge in [0.25, 0.3) is 0 Å². The highest BCUT2D eigenvalue weighted by Crippen LogP contribution is 2.35. The third-order valence-electron chi connectivity index (χ3n) is 1.23. The van der Waals surface area contributed by atoms with Gasteiger partial charge in [-0.15, -0.1) is 12.3 Å². The predicted octanol–water partition coefficient (Wildman–Crippen LogP) is 0.455.